The van der Waals surface area contributed by atoms with Gasteiger partial charge >= 0.3 is 0 Å². The number of carbonyl (C=O) groups is 3. The van der Waals surface area contributed by atoms with Crippen LogP contribution in [0.4, 0.5) is 5.69 Å². The van der Waals surface area contributed by atoms with Crippen LogP contribution in [0.15, 0.2) is 18.2 Å². The van der Waals surface area contributed by atoms with Gasteiger partial charge in [-0.15, -0.1) is 0 Å². The summed E-state index contributed by atoms with van der Waals surface area (Å²) in [5, 5.41) is 6.26. The molecule has 1 aromatic carbocycles. The lowest BCUT2D eigenvalue weighted by atomic mass is 9.48. The molecule has 3 fully saturated rings. The summed E-state index contributed by atoms with van der Waals surface area (Å²) >= 11 is 0. The molecule has 6 nitrogen and oxygen atoms in total. The van der Waals surface area contributed by atoms with E-state index in [4.69, 9.17) is 0 Å². The van der Waals surface area contributed by atoms with Crippen LogP contribution in [-0.4, -0.2) is 42.3 Å². The predicted octanol–water partition coefficient (Wildman–Crippen LogP) is 1.34. The second kappa shape index (κ2) is 6.36. The Morgan fingerprint density at radius 1 is 1.15 bits per heavy atom. The molecule has 2 saturated carbocycles. The molecule has 4 atom stereocenters. The smallest absolute Gasteiger partial charge is 0.240 e. The first-order chi connectivity index (χ1) is 13.1. The number of nitrogens with zero attached hydrogens (tertiary/aromatic N) is 1. The Kier molecular flexibility index (Phi) is 3.95. The number of benzene rings is 1. The van der Waals surface area contributed by atoms with Gasteiger partial charge in [0.2, 0.25) is 17.7 Å². The van der Waals surface area contributed by atoms with Gasteiger partial charge in [0.05, 0.1) is 11.8 Å². The molecule has 0 bridgehead atoms. The average Bonchev–Trinajstić information content (AvgIpc) is 2.84. The first-order valence-corrected chi connectivity index (χ1v) is 10.1. The van der Waals surface area contributed by atoms with Gasteiger partial charge in [-0.05, 0) is 61.1 Å². The van der Waals surface area contributed by atoms with Crippen molar-refractivity contribution >= 4 is 23.4 Å². The molecule has 0 spiro atoms. The fourth-order valence-electron chi connectivity index (χ4n) is 5.36. The number of hydrogen-bond acceptors (Lipinski definition) is 4. The largest absolute Gasteiger partial charge is 0.385 e. The molecule has 1 aromatic rings. The van der Waals surface area contributed by atoms with E-state index in [1.54, 1.807) is 0 Å². The minimum atomic E-state index is -0.245. The molecule has 2 heterocycles. The Morgan fingerprint density at radius 2 is 1.89 bits per heavy atom. The normalized spacial score (nSPS) is 30.4. The fraction of sp³-hybridized carbons (Fsp3) is 0.571. The highest BCUT2D eigenvalue weighted by Crippen LogP contribution is 2.61. The van der Waals surface area contributed by atoms with Gasteiger partial charge in [0.25, 0.3) is 0 Å². The van der Waals surface area contributed by atoms with Crippen LogP contribution in [0.2, 0.25) is 0 Å². The van der Waals surface area contributed by atoms with E-state index < -0.39 is 0 Å². The number of rotatable bonds is 5. The van der Waals surface area contributed by atoms with Crippen LogP contribution in [0.3, 0.4) is 0 Å². The van der Waals surface area contributed by atoms with Gasteiger partial charge in [-0.25, -0.2) is 0 Å². The van der Waals surface area contributed by atoms with Crippen molar-refractivity contribution in [1.82, 2.24) is 10.2 Å². The lowest BCUT2D eigenvalue weighted by molar-refractivity contribution is -0.149. The van der Waals surface area contributed by atoms with Crippen LogP contribution >= 0.6 is 0 Å². The average molecular weight is 367 g/mol. The van der Waals surface area contributed by atoms with E-state index in [0.717, 1.165) is 38.6 Å². The van der Waals surface area contributed by atoms with Crippen LogP contribution in [0, 0.1) is 23.7 Å². The van der Waals surface area contributed by atoms with Crippen molar-refractivity contribution in [2.24, 2.45) is 23.7 Å². The number of amides is 3. The van der Waals surface area contributed by atoms with E-state index in [1.165, 1.54) is 21.7 Å². The van der Waals surface area contributed by atoms with E-state index >= 15 is 0 Å². The maximum atomic E-state index is 12.5. The number of anilines is 1. The number of hydrogen-bond donors (Lipinski definition) is 2. The molecule has 2 aliphatic carbocycles. The van der Waals surface area contributed by atoms with Crippen LogP contribution < -0.4 is 10.6 Å². The van der Waals surface area contributed by atoms with Gasteiger partial charge in [0.1, 0.15) is 6.54 Å². The van der Waals surface area contributed by atoms with Crippen LogP contribution in [0.1, 0.15) is 30.4 Å². The molecular formula is C21H25N3O3. The van der Waals surface area contributed by atoms with Crippen molar-refractivity contribution in [1.29, 1.82) is 0 Å². The standard InChI is InChI=1S/C21H25N3O3/c25-17(11-24-20(26)18-14-4-5-15(14)19(18)21(24)27)23-9-7-12-3-6-16-13(10-12)2-1-8-22-16/h3,6,10,14-15,18-19,22H,1-2,4-5,7-9,11H2,(H,23,25)/t14-,15?,18-,19+/m0/s1. The first-order valence-electron chi connectivity index (χ1n) is 10.1. The molecule has 0 aromatic heterocycles. The lowest BCUT2D eigenvalue weighted by Crippen LogP contribution is -2.54. The second-order valence-electron chi connectivity index (χ2n) is 8.34. The van der Waals surface area contributed by atoms with Gasteiger partial charge in [-0.1, -0.05) is 12.1 Å². The predicted molar refractivity (Wildman–Crippen MR) is 99.9 cm³/mol. The van der Waals surface area contributed by atoms with Crippen LogP contribution in [-0.2, 0) is 27.2 Å². The summed E-state index contributed by atoms with van der Waals surface area (Å²) in [7, 11) is 0. The monoisotopic (exact) mass is 367 g/mol. The zero-order chi connectivity index (χ0) is 18.5. The molecule has 142 valence electrons. The Balaban J connectivity index is 1.13. The Bertz CT molecular complexity index is 793. The summed E-state index contributed by atoms with van der Waals surface area (Å²) in [6.07, 6.45) is 5.10. The van der Waals surface area contributed by atoms with Gasteiger partial charge in [0.15, 0.2) is 0 Å². The maximum absolute atomic E-state index is 12.5. The number of imide groups is 1. The van der Waals surface area contributed by atoms with E-state index in [9.17, 15) is 14.4 Å². The number of carbonyl (C=O) groups excluding carboxylic acids is 3. The van der Waals surface area contributed by atoms with Crippen molar-refractivity contribution in [3.63, 3.8) is 0 Å². The third-order valence-corrected chi connectivity index (χ3v) is 6.94. The molecule has 6 heteroatoms. The number of nitrogens with one attached hydrogen (secondary N) is 2. The van der Waals surface area contributed by atoms with Crippen molar-refractivity contribution in [3.8, 4) is 0 Å². The Labute approximate surface area is 158 Å². The fourth-order valence-corrected chi connectivity index (χ4v) is 5.36. The third-order valence-electron chi connectivity index (χ3n) is 6.94. The summed E-state index contributed by atoms with van der Waals surface area (Å²) in [4.78, 5) is 38.4. The number of aryl methyl sites for hydroxylation is 1. The molecule has 0 radical (unpaired) electrons. The minimum absolute atomic E-state index is 0.122. The summed E-state index contributed by atoms with van der Waals surface area (Å²) in [5.41, 5.74) is 3.74. The molecule has 1 saturated heterocycles. The quantitative estimate of drug-likeness (QED) is 0.770. The number of fused-ring (bicyclic) bond motifs is 5. The lowest BCUT2D eigenvalue weighted by Gasteiger charge is -2.53. The van der Waals surface area contributed by atoms with Gasteiger partial charge in [-0.2, -0.15) is 0 Å². The number of likely N-dealkylation sites (tertiary alicyclic amines) is 1. The van der Waals surface area contributed by atoms with Crippen molar-refractivity contribution in [2.45, 2.75) is 32.1 Å². The molecule has 4 aliphatic rings. The molecule has 2 N–H and O–H groups in total. The van der Waals surface area contributed by atoms with Gasteiger partial charge < -0.3 is 10.6 Å². The zero-order valence-corrected chi connectivity index (χ0v) is 15.4. The molecule has 27 heavy (non-hydrogen) atoms. The molecule has 1 unspecified atom stereocenters. The van der Waals surface area contributed by atoms with Crippen LogP contribution in [0.25, 0.3) is 0 Å². The summed E-state index contributed by atoms with van der Waals surface area (Å²) < 4.78 is 0. The minimum Gasteiger partial charge on any atom is -0.385 e. The van der Waals surface area contributed by atoms with E-state index in [-0.39, 0.29) is 36.1 Å². The Morgan fingerprint density at radius 3 is 2.59 bits per heavy atom. The summed E-state index contributed by atoms with van der Waals surface area (Å²) in [6, 6.07) is 6.40. The van der Waals surface area contributed by atoms with Gasteiger partial charge in [0, 0.05) is 18.8 Å². The van der Waals surface area contributed by atoms with E-state index in [2.05, 4.69) is 28.8 Å². The van der Waals surface area contributed by atoms with Crippen LogP contribution in [0.5, 0.6) is 0 Å². The molecule has 2 aliphatic heterocycles. The highest BCUT2D eigenvalue weighted by Gasteiger charge is 2.67. The highest BCUT2D eigenvalue weighted by molar-refractivity contribution is 6.09. The van der Waals surface area contributed by atoms with Gasteiger partial charge in [-0.3, -0.25) is 19.3 Å². The SMILES string of the molecule is O=C(CN1C(=O)[C@@H]2[C@H](C1=O)C1CC[C@@H]12)NCCc1ccc2c(c1)CCCN2. The molecule has 3 amide bonds. The third kappa shape index (κ3) is 2.65. The summed E-state index contributed by atoms with van der Waals surface area (Å²) in [6.45, 7) is 1.41. The first kappa shape index (κ1) is 16.8. The van der Waals surface area contributed by atoms with Crippen molar-refractivity contribution in [2.75, 3.05) is 25.0 Å². The van der Waals surface area contributed by atoms with Crippen molar-refractivity contribution in [3.05, 3.63) is 29.3 Å². The Hall–Kier alpha value is -2.37. The maximum Gasteiger partial charge on any atom is 0.240 e. The second-order valence-corrected chi connectivity index (χ2v) is 8.34. The summed E-state index contributed by atoms with van der Waals surface area (Å²) in [5.74, 6) is 0.0499. The van der Waals surface area contributed by atoms with E-state index in [0.29, 0.717) is 18.4 Å². The zero-order valence-electron chi connectivity index (χ0n) is 15.4. The molecule has 5 rings (SSSR count). The molecular weight excluding hydrogens is 342 g/mol. The highest BCUT2D eigenvalue weighted by atomic mass is 16.2. The van der Waals surface area contributed by atoms with E-state index in [1.807, 2.05) is 0 Å². The topological polar surface area (TPSA) is 78.5 Å². The van der Waals surface area contributed by atoms with Crippen molar-refractivity contribution < 1.29 is 14.4 Å².